The molecule has 0 bridgehead atoms. The molecule has 0 fully saturated rings. The summed E-state index contributed by atoms with van der Waals surface area (Å²) in [5.41, 5.74) is 6.97. The van der Waals surface area contributed by atoms with Crippen LogP contribution in [0.25, 0.3) is 0 Å². The van der Waals surface area contributed by atoms with E-state index in [2.05, 4.69) is 21.2 Å². The van der Waals surface area contributed by atoms with E-state index in [1.807, 2.05) is 0 Å². The van der Waals surface area contributed by atoms with Gasteiger partial charge in [0.1, 0.15) is 5.82 Å². The molecule has 0 heterocycles. The zero-order chi connectivity index (χ0) is 13.3. The molecule has 6 heteroatoms. The second-order valence-corrected chi connectivity index (χ2v) is 5.24. The fourth-order valence-corrected chi connectivity index (χ4v) is 2.20. The first kappa shape index (κ1) is 13.5. The lowest BCUT2D eigenvalue weighted by Crippen LogP contribution is -1.99. The second-order valence-electron chi connectivity index (χ2n) is 3.58. The van der Waals surface area contributed by atoms with Gasteiger partial charge in [0.05, 0.1) is 27.1 Å². The SMILES string of the molecule is Nc1cc(Cl)c(Cl)cc1Nc1c(F)cccc1Br. The first-order valence-corrected chi connectivity index (χ1v) is 6.49. The summed E-state index contributed by atoms with van der Waals surface area (Å²) < 4.78 is 14.2. The Balaban J connectivity index is 2.43. The summed E-state index contributed by atoms with van der Waals surface area (Å²) in [6.07, 6.45) is 0. The van der Waals surface area contributed by atoms with Gasteiger partial charge < -0.3 is 11.1 Å². The Hall–Kier alpha value is -0.970. The van der Waals surface area contributed by atoms with Crippen molar-refractivity contribution in [1.29, 1.82) is 0 Å². The number of rotatable bonds is 2. The van der Waals surface area contributed by atoms with Crippen molar-refractivity contribution < 1.29 is 4.39 Å². The lowest BCUT2D eigenvalue weighted by molar-refractivity contribution is 0.631. The molecule has 0 amide bonds. The predicted molar refractivity (Wildman–Crippen MR) is 78.3 cm³/mol. The number of hydrogen-bond acceptors (Lipinski definition) is 2. The molecule has 0 aliphatic rings. The van der Waals surface area contributed by atoms with Crippen molar-refractivity contribution in [2.24, 2.45) is 0 Å². The van der Waals surface area contributed by atoms with Gasteiger partial charge in [-0.3, -0.25) is 0 Å². The zero-order valence-corrected chi connectivity index (χ0v) is 12.1. The van der Waals surface area contributed by atoms with Crippen molar-refractivity contribution in [3.63, 3.8) is 0 Å². The van der Waals surface area contributed by atoms with Crippen LogP contribution in [0.3, 0.4) is 0 Å². The van der Waals surface area contributed by atoms with E-state index in [4.69, 9.17) is 28.9 Å². The fourth-order valence-electron chi connectivity index (χ4n) is 1.42. The smallest absolute Gasteiger partial charge is 0.147 e. The summed E-state index contributed by atoms with van der Waals surface area (Å²) in [4.78, 5) is 0. The Labute approximate surface area is 122 Å². The molecule has 2 rings (SSSR count). The Bertz CT molecular complexity index is 585. The topological polar surface area (TPSA) is 38.0 Å². The molecule has 0 aliphatic carbocycles. The van der Waals surface area contributed by atoms with Crippen LogP contribution in [0.15, 0.2) is 34.8 Å². The Morgan fingerprint density at radius 3 is 2.50 bits per heavy atom. The first-order chi connectivity index (χ1) is 8.49. The molecule has 0 saturated heterocycles. The average Bonchev–Trinajstić information content (AvgIpc) is 2.30. The normalized spacial score (nSPS) is 10.4. The highest BCUT2D eigenvalue weighted by Crippen LogP contribution is 2.35. The van der Waals surface area contributed by atoms with Gasteiger partial charge in [0.2, 0.25) is 0 Å². The Morgan fingerprint density at radius 2 is 1.83 bits per heavy atom. The number of nitrogens with two attached hydrogens (primary N) is 1. The molecule has 0 unspecified atom stereocenters. The molecule has 2 nitrogen and oxygen atoms in total. The minimum absolute atomic E-state index is 0.294. The largest absolute Gasteiger partial charge is 0.397 e. The van der Waals surface area contributed by atoms with E-state index in [-0.39, 0.29) is 0 Å². The average molecular weight is 350 g/mol. The van der Waals surface area contributed by atoms with Gasteiger partial charge in [0, 0.05) is 4.47 Å². The third-order valence-electron chi connectivity index (χ3n) is 2.31. The van der Waals surface area contributed by atoms with Crippen LogP contribution >= 0.6 is 39.1 Å². The first-order valence-electron chi connectivity index (χ1n) is 4.94. The lowest BCUT2D eigenvalue weighted by Gasteiger charge is -2.12. The second kappa shape index (κ2) is 5.34. The Morgan fingerprint density at radius 1 is 1.17 bits per heavy atom. The number of benzene rings is 2. The quantitative estimate of drug-likeness (QED) is 0.729. The highest BCUT2D eigenvalue weighted by atomic mass is 79.9. The highest BCUT2D eigenvalue weighted by molar-refractivity contribution is 9.10. The van der Waals surface area contributed by atoms with Gasteiger partial charge in [0.15, 0.2) is 0 Å². The zero-order valence-electron chi connectivity index (χ0n) is 8.98. The molecule has 0 spiro atoms. The van der Waals surface area contributed by atoms with Crippen molar-refractivity contribution in [2.75, 3.05) is 11.1 Å². The van der Waals surface area contributed by atoms with Gasteiger partial charge in [-0.2, -0.15) is 0 Å². The highest BCUT2D eigenvalue weighted by Gasteiger charge is 2.10. The maximum absolute atomic E-state index is 13.7. The predicted octanol–water partition coefficient (Wildman–Crippen LogP) is 5.22. The van der Waals surface area contributed by atoms with Crippen molar-refractivity contribution in [1.82, 2.24) is 0 Å². The van der Waals surface area contributed by atoms with Gasteiger partial charge in [0.25, 0.3) is 0 Å². The van der Waals surface area contributed by atoms with E-state index in [0.29, 0.717) is 31.6 Å². The van der Waals surface area contributed by atoms with Crippen LogP contribution in [0.2, 0.25) is 10.0 Å². The third-order valence-corrected chi connectivity index (χ3v) is 3.70. The Kier molecular flexibility index (Phi) is 4.00. The molecule has 3 N–H and O–H groups in total. The third kappa shape index (κ3) is 2.71. The molecule has 0 saturated carbocycles. The van der Waals surface area contributed by atoms with Gasteiger partial charge >= 0.3 is 0 Å². The van der Waals surface area contributed by atoms with E-state index in [1.165, 1.54) is 12.1 Å². The summed E-state index contributed by atoms with van der Waals surface area (Å²) in [6, 6.07) is 7.74. The number of anilines is 3. The standard InChI is InChI=1S/C12H8BrCl2FN2/c13-6-2-1-3-9(16)12(6)18-11-5-8(15)7(14)4-10(11)17/h1-5,18H,17H2. The maximum Gasteiger partial charge on any atom is 0.147 e. The van der Waals surface area contributed by atoms with Crippen LogP contribution in [0.5, 0.6) is 0 Å². The fraction of sp³-hybridized carbons (Fsp3) is 0. The van der Waals surface area contributed by atoms with Crippen LogP contribution in [0.1, 0.15) is 0 Å². The van der Waals surface area contributed by atoms with Gasteiger partial charge in [-0.1, -0.05) is 29.3 Å². The van der Waals surface area contributed by atoms with E-state index in [1.54, 1.807) is 18.2 Å². The molecule has 18 heavy (non-hydrogen) atoms. The maximum atomic E-state index is 13.7. The van der Waals surface area contributed by atoms with Crippen molar-refractivity contribution >= 4 is 56.2 Å². The van der Waals surface area contributed by atoms with Crippen LogP contribution in [-0.2, 0) is 0 Å². The lowest BCUT2D eigenvalue weighted by atomic mass is 10.2. The summed E-state index contributed by atoms with van der Waals surface area (Å²) in [5, 5.41) is 3.59. The summed E-state index contributed by atoms with van der Waals surface area (Å²) in [5.74, 6) is -0.394. The van der Waals surface area contributed by atoms with Gasteiger partial charge in [-0.05, 0) is 40.2 Å². The summed E-state index contributed by atoms with van der Waals surface area (Å²) in [7, 11) is 0. The minimum Gasteiger partial charge on any atom is -0.397 e. The summed E-state index contributed by atoms with van der Waals surface area (Å²) in [6.45, 7) is 0. The van der Waals surface area contributed by atoms with Crippen LogP contribution in [0.4, 0.5) is 21.5 Å². The monoisotopic (exact) mass is 348 g/mol. The van der Waals surface area contributed by atoms with Crippen LogP contribution in [0, 0.1) is 5.82 Å². The number of para-hydroxylation sites is 1. The number of hydrogen-bond donors (Lipinski definition) is 2. The minimum atomic E-state index is -0.394. The summed E-state index contributed by atoms with van der Waals surface area (Å²) >= 11 is 15.0. The van der Waals surface area contributed by atoms with Gasteiger partial charge in [-0.15, -0.1) is 0 Å². The van der Waals surface area contributed by atoms with Crippen molar-refractivity contribution in [2.45, 2.75) is 0 Å². The molecule has 0 radical (unpaired) electrons. The molecule has 2 aromatic rings. The molecule has 0 atom stereocenters. The van der Waals surface area contributed by atoms with E-state index in [0.717, 1.165) is 0 Å². The van der Waals surface area contributed by atoms with Crippen molar-refractivity contribution in [3.05, 3.63) is 50.7 Å². The van der Waals surface area contributed by atoms with Crippen LogP contribution < -0.4 is 11.1 Å². The molecular formula is C12H8BrCl2FN2. The molecular weight excluding hydrogens is 342 g/mol. The number of nitrogen functional groups attached to an aromatic ring is 1. The van der Waals surface area contributed by atoms with E-state index >= 15 is 0 Å². The van der Waals surface area contributed by atoms with E-state index < -0.39 is 5.82 Å². The van der Waals surface area contributed by atoms with Crippen LogP contribution in [-0.4, -0.2) is 0 Å². The van der Waals surface area contributed by atoms with Crippen molar-refractivity contribution in [3.8, 4) is 0 Å². The number of nitrogens with one attached hydrogen (secondary N) is 1. The molecule has 0 aliphatic heterocycles. The molecule has 94 valence electrons. The number of halogens is 4. The molecule has 2 aromatic carbocycles. The van der Waals surface area contributed by atoms with Gasteiger partial charge in [-0.25, -0.2) is 4.39 Å². The molecule has 0 aromatic heterocycles. The van der Waals surface area contributed by atoms with E-state index in [9.17, 15) is 4.39 Å².